The molecule has 0 spiro atoms. The molecule has 4 heteroatoms. The molecule has 0 radical (unpaired) electrons. The smallest absolute Gasteiger partial charge is 0.236 e. The number of fused-ring (bicyclic) bond motifs is 1. The molecule has 1 aliphatic heterocycles. The fourth-order valence-corrected chi connectivity index (χ4v) is 2.76. The van der Waals surface area contributed by atoms with Crippen molar-refractivity contribution in [3.05, 3.63) is 58.6 Å². The maximum absolute atomic E-state index is 12.3. The lowest BCUT2D eigenvalue weighted by Crippen LogP contribution is -2.21. The molecule has 1 aliphatic rings. The summed E-state index contributed by atoms with van der Waals surface area (Å²) in [5.74, 6) is 0.00204. The summed E-state index contributed by atoms with van der Waals surface area (Å²) >= 11 is 6.35. The van der Waals surface area contributed by atoms with Crippen molar-refractivity contribution < 1.29 is 4.79 Å². The van der Waals surface area contributed by atoms with Gasteiger partial charge in [-0.05, 0) is 23.3 Å². The van der Waals surface area contributed by atoms with E-state index in [1.54, 1.807) is 4.90 Å². The average molecular weight is 283 g/mol. The van der Waals surface area contributed by atoms with Crippen LogP contribution in [0, 0.1) is 11.3 Å². The Balaban J connectivity index is 2.13. The number of hydrogen-bond acceptors (Lipinski definition) is 2. The lowest BCUT2D eigenvalue weighted by molar-refractivity contribution is -0.116. The van der Waals surface area contributed by atoms with Gasteiger partial charge < -0.3 is 0 Å². The van der Waals surface area contributed by atoms with Gasteiger partial charge in [-0.25, -0.2) is 0 Å². The minimum atomic E-state index is 0.00204. The van der Waals surface area contributed by atoms with Crippen LogP contribution in [0.25, 0.3) is 0 Å². The summed E-state index contributed by atoms with van der Waals surface area (Å²) in [6.45, 7) is 0. The molecule has 0 fully saturated rings. The highest BCUT2D eigenvalue weighted by molar-refractivity contribution is 6.35. The van der Waals surface area contributed by atoms with Gasteiger partial charge in [-0.1, -0.05) is 41.9 Å². The van der Waals surface area contributed by atoms with Crippen molar-refractivity contribution in [2.45, 2.75) is 12.8 Å². The van der Waals surface area contributed by atoms with Crippen LogP contribution in [-0.2, 0) is 17.6 Å². The second-order valence-corrected chi connectivity index (χ2v) is 5.00. The zero-order chi connectivity index (χ0) is 14.1. The van der Waals surface area contributed by atoms with Crippen molar-refractivity contribution in [1.82, 2.24) is 0 Å². The SMILES string of the molecule is N#CCc1cccc(N2C(=O)Cc3ccccc32)c1Cl. The van der Waals surface area contributed by atoms with Gasteiger partial charge in [0.2, 0.25) is 5.91 Å². The van der Waals surface area contributed by atoms with Crippen LogP contribution in [0.1, 0.15) is 11.1 Å². The monoisotopic (exact) mass is 282 g/mol. The first-order valence-electron chi connectivity index (χ1n) is 6.27. The van der Waals surface area contributed by atoms with Crippen LogP contribution in [0.5, 0.6) is 0 Å². The number of carbonyl (C=O) groups excluding carboxylic acids is 1. The zero-order valence-electron chi connectivity index (χ0n) is 10.6. The first kappa shape index (κ1) is 12.7. The minimum Gasteiger partial charge on any atom is -0.279 e. The molecule has 20 heavy (non-hydrogen) atoms. The number of nitrogens with zero attached hydrogens (tertiary/aromatic N) is 2. The van der Waals surface area contributed by atoms with Crippen molar-refractivity contribution in [3.8, 4) is 6.07 Å². The van der Waals surface area contributed by atoms with Crippen LogP contribution in [0.4, 0.5) is 11.4 Å². The van der Waals surface area contributed by atoms with E-state index in [2.05, 4.69) is 6.07 Å². The summed E-state index contributed by atoms with van der Waals surface area (Å²) in [5, 5.41) is 9.29. The second kappa shape index (κ2) is 4.99. The lowest BCUT2D eigenvalue weighted by atomic mass is 10.1. The van der Waals surface area contributed by atoms with E-state index < -0.39 is 0 Å². The molecule has 0 bridgehead atoms. The third-order valence-corrected chi connectivity index (χ3v) is 3.83. The molecule has 0 atom stereocenters. The van der Waals surface area contributed by atoms with Gasteiger partial charge in [0.05, 0.1) is 35.3 Å². The molecule has 3 rings (SSSR count). The Kier molecular flexibility index (Phi) is 3.17. The minimum absolute atomic E-state index is 0.00204. The van der Waals surface area contributed by atoms with E-state index in [0.29, 0.717) is 17.1 Å². The molecule has 1 amide bonds. The van der Waals surface area contributed by atoms with Crippen LogP contribution in [-0.4, -0.2) is 5.91 Å². The third kappa shape index (κ3) is 1.95. The van der Waals surface area contributed by atoms with Crippen LogP contribution in [0.15, 0.2) is 42.5 Å². The van der Waals surface area contributed by atoms with Gasteiger partial charge >= 0.3 is 0 Å². The van der Waals surface area contributed by atoms with Crippen LogP contribution in [0.3, 0.4) is 0 Å². The molecule has 0 saturated carbocycles. The highest BCUT2D eigenvalue weighted by atomic mass is 35.5. The lowest BCUT2D eigenvalue weighted by Gasteiger charge is -2.20. The quantitative estimate of drug-likeness (QED) is 0.844. The fraction of sp³-hybridized carbons (Fsp3) is 0.125. The molecular formula is C16H11ClN2O. The van der Waals surface area contributed by atoms with Gasteiger partial charge in [0.15, 0.2) is 0 Å². The number of carbonyl (C=O) groups is 1. The predicted octanol–water partition coefficient (Wildman–Crippen LogP) is 3.63. The number of amides is 1. The second-order valence-electron chi connectivity index (χ2n) is 4.62. The maximum atomic E-state index is 12.3. The molecule has 98 valence electrons. The summed E-state index contributed by atoms with van der Waals surface area (Å²) < 4.78 is 0. The van der Waals surface area contributed by atoms with Gasteiger partial charge in [-0.15, -0.1) is 0 Å². The van der Waals surface area contributed by atoms with E-state index in [1.165, 1.54) is 0 Å². The molecule has 2 aromatic carbocycles. The standard InChI is InChI=1S/C16H11ClN2O/c17-16-11(8-9-18)5-3-7-14(16)19-13-6-2-1-4-12(13)10-15(19)20/h1-7H,8,10H2. The summed E-state index contributed by atoms with van der Waals surface area (Å²) in [7, 11) is 0. The van der Waals surface area contributed by atoms with Crippen molar-refractivity contribution >= 4 is 28.9 Å². The van der Waals surface area contributed by atoms with Gasteiger partial charge in [-0.3, -0.25) is 9.69 Å². The number of nitriles is 1. The Labute approximate surface area is 122 Å². The first-order valence-corrected chi connectivity index (χ1v) is 6.65. The zero-order valence-corrected chi connectivity index (χ0v) is 11.4. The number of anilines is 2. The third-order valence-electron chi connectivity index (χ3n) is 3.39. The Hall–Kier alpha value is -2.31. The number of benzene rings is 2. The highest BCUT2D eigenvalue weighted by Crippen LogP contribution is 2.39. The van der Waals surface area contributed by atoms with Crippen LogP contribution in [0.2, 0.25) is 5.02 Å². The van der Waals surface area contributed by atoms with Crippen LogP contribution < -0.4 is 4.90 Å². The van der Waals surface area contributed by atoms with E-state index in [-0.39, 0.29) is 12.3 Å². The van der Waals surface area contributed by atoms with E-state index in [4.69, 9.17) is 16.9 Å². The van der Waals surface area contributed by atoms with Crippen molar-refractivity contribution in [1.29, 1.82) is 5.26 Å². The number of halogens is 1. The van der Waals surface area contributed by atoms with E-state index >= 15 is 0 Å². The van der Waals surface area contributed by atoms with Crippen molar-refractivity contribution in [2.75, 3.05) is 4.90 Å². The topological polar surface area (TPSA) is 44.1 Å². The largest absolute Gasteiger partial charge is 0.279 e. The predicted molar refractivity (Wildman–Crippen MR) is 78.1 cm³/mol. The van der Waals surface area contributed by atoms with Crippen molar-refractivity contribution in [2.24, 2.45) is 0 Å². The normalized spacial score (nSPS) is 13.2. The fourth-order valence-electron chi connectivity index (χ4n) is 2.48. The Morgan fingerprint density at radius 1 is 1.15 bits per heavy atom. The average Bonchev–Trinajstić information content (AvgIpc) is 2.77. The molecule has 0 aliphatic carbocycles. The molecule has 3 nitrogen and oxygen atoms in total. The molecule has 1 heterocycles. The highest BCUT2D eigenvalue weighted by Gasteiger charge is 2.29. The number of rotatable bonds is 2. The van der Waals surface area contributed by atoms with Gasteiger partial charge in [0.1, 0.15) is 0 Å². The summed E-state index contributed by atoms with van der Waals surface area (Å²) in [6, 6.07) is 15.2. The molecule has 0 aromatic heterocycles. The Bertz CT molecular complexity index is 733. The van der Waals surface area contributed by atoms with Gasteiger partial charge in [0, 0.05) is 0 Å². The van der Waals surface area contributed by atoms with Gasteiger partial charge in [-0.2, -0.15) is 5.26 Å². The number of hydrogen-bond donors (Lipinski definition) is 0. The summed E-state index contributed by atoms with van der Waals surface area (Å²) in [4.78, 5) is 13.9. The molecule has 0 unspecified atom stereocenters. The summed E-state index contributed by atoms with van der Waals surface area (Å²) in [5.41, 5.74) is 3.26. The maximum Gasteiger partial charge on any atom is 0.236 e. The van der Waals surface area contributed by atoms with E-state index in [1.807, 2.05) is 42.5 Å². The van der Waals surface area contributed by atoms with E-state index in [9.17, 15) is 4.79 Å². The van der Waals surface area contributed by atoms with Crippen LogP contribution >= 0.6 is 11.6 Å². The molecule has 2 aromatic rings. The Morgan fingerprint density at radius 3 is 2.70 bits per heavy atom. The summed E-state index contributed by atoms with van der Waals surface area (Å²) in [6.07, 6.45) is 0.616. The van der Waals surface area contributed by atoms with Gasteiger partial charge in [0.25, 0.3) is 0 Å². The molecular weight excluding hydrogens is 272 g/mol. The van der Waals surface area contributed by atoms with Crippen molar-refractivity contribution in [3.63, 3.8) is 0 Å². The number of para-hydroxylation sites is 1. The Morgan fingerprint density at radius 2 is 1.90 bits per heavy atom. The molecule has 0 saturated heterocycles. The first-order chi connectivity index (χ1) is 9.72. The molecule has 0 N–H and O–H groups in total. The van der Waals surface area contributed by atoms with E-state index in [0.717, 1.165) is 16.8 Å².